The zero-order valence-electron chi connectivity index (χ0n) is 16.6. The molecular weight excluding hydrogens is 441 g/mol. The molecule has 0 bridgehead atoms. The first kappa shape index (κ1) is 21.3. The Hall–Kier alpha value is -2.41. The van der Waals surface area contributed by atoms with Gasteiger partial charge in [-0.15, -0.1) is 0 Å². The van der Waals surface area contributed by atoms with Crippen molar-refractivity contribution in [2.75, 3.05) is 18.5 Å². The highest BCUT2D eigenvalue weighted by Crippen LogP contribution is 2.42. The molecule has 1 unspecified atom stereocenters. The van der Waals surface area contributed by atoms with Crippen molar-refractivity contribution in [2.45, 2.75) is 33.1 Å². The number of fused-ring (bicyclic) bond motifs is 1. The number of hydrogen-bond acceptors (Lipinski definition) is 5. The molecule has 0 spiro atoms. The van der Waals surface area contributed by atoms with Gasteiger partial charge in [0.2, 0.25) is 11.3 Å². The Labute approximate surface area is 177 Å². The van der Waals surface area contributed by atoms with Crippen LogP contribution in [0.4, 0.5) is 4.39 Å². The molecule has 0 aliphatic carbocycles. The minimum absolute atomic E-state index is 0.124. The number of ketones is 1. The van der Waals surface area contributed by atoms with Crippen LogP contribution in [-0.2, 0) is 0 Å². The van der Waals surface area contributed by atoms with Crippen molar-refractivity contribution < 1.29 is 23.1 Å². The van der Waals surface area contributed by atoms with Crippen molar-refractivity contribution in [3.63, 3.8) is 0 Å². The standard InChI is InChI=1S/C22H23BrFNO4/c1-13(16-4-6-17(24)7-5-16)8-10-27-22-20(28-11-9-23)18(15(3)26)14(2)19-21(22)29-12-25-19/h4-7,12-13H,8-11H2,1-3H3. The monoisotopic (exact) mass is 463 g/mol. The molecule has 29 heavy (non-hydrogen) atoms. The maximum absolute atomic E-state index is 13.1. The van der Waals surface area contributed by atoms with Gasteiger partial charge in [0.15, 0.2) is 17.9 Å². The van der Waals surface area contributed by atoms with Crippen molar-refractivity contribution in [1.82, 2.24) is 4.98 Å². The van der Waals surface area contributed by atoms with Crippen LogP contribution in [0.1, 0.15) is 47.7 Å². The molecule has 5 nitrogen and oxygen atoms in total. The van der Waals surface area contributed by atoms with E-state index in [4.69, 9.17) is 13.9 Å². The quantitative estimate of drug-likeness (QED) is 0.295. The van der Waals surface area contributed by atoms with Crippen LogP contribution in [-0.4, -0.2) is 29.3 Å². The molecule has 0 aliphatic rings. The molecule has 2 aromatic carbocycles. The van der Waals surface area contributed by atoms with Crippen LogP contribution < -0.4 is 9.47 Å². The minimum Gasteiger partial charge on any atom is -0.488 e. The number of Topliss-reactive ketones (excluding diaryl/α,β-unsaturated/α-hetero) is 1. The first-order valence-electron chi connectivity index (χ1n) is 9.41. The average Bonchev–Trinajstić information content (AvgIpc) is 3.18. The molecule has 3 rings (SSSR count). The molecule has 1 aromatic heterocycles. The summed E-state index contributed by atoms with van der Waals surface area (Å²) < 4.78 is 30.6. The average molecular weight is 464 g/mol. The third-order valence-electron chi connectivity index (χ3n) is 4.85. The summed E-state index contributed by atoms with van der Waals surface area (Å²) in [5.74, 6) is 0.565. The van der Waals surface area contributed by atoms with Gasteiger partial charge in [0, 0.05) is 5.33 Å². The van der Waals surface area contributed by atoms with Gasteiger partial charge < -0.3 is 13.9 Å². The Morgan fingerprint density at radius 3 is 2.55 bits per heavy atom. The van der Waals surface area contributed by atoms with Gasteiger partial charge in [-0.2, -0.15) is 0 Å². The minimum atomic E-state index is -0.255. The maximum atomic E-state index is 13.1. The second-order valence-electron chi connectivity index (χ2n) is 6.87. The lowest BCUT2D eigenvalue weighted by molar-refractivity contribution is 0.101. The summed E-state index contributed by atoms with van der Waals surface area (Å²) in [7, 11) is 0. The van der Waals surface area contributed by atoms with E-state index in [0.29, 0.717) is 58.7 Å². The molecule has 1 heterocycles. The number of oxazole rings is 1. The summed E-state index contributed by atoms with van der Waals surface area (Å²) >= 11 is 3.34. The fraction of sp³-hybridized carbons (Fsp3) is 0.364. The molecule has 0 fully saturated rings. The SMILES string of the molecule is CC(=O)c1c(OCCBr)c(OCCC(C)c2ccc(F)cc2)c2ocnc2c1C. The molecule has 0 radical (unpaired) electrons. The van der Waals surface area contributed by atoms with E-state index in [1.165, 1.54) is 25.5 Å². The van der Waals surface area contributed by atoms with Gasteiger partial charge >= 0.3 is 0 Å². The number of carbonyl (C=O) groups excluding carboxylic acids is 1. The largest absolute Gasteiger partial charge is 0.488 e. The molecule has 0 aliphatic heterocycles. The molecule has 0 amide bonds. The van der Waals surface area contributed by atoms with Crippen molar-refractivity contribution in [2.24, 2.45) is 0 Å². The predicted molar refractivity (Wildman–Crippen MR) is 113 cm³/mol. The fourth-order valence-electron chi connectivity index (χ4n) is 3.31. The zero-order valence-corrected chi connectivity index (χ0v) is 18.2. The van der Waals surface area contributed by atoms with Crippen LogP contribution >= 0.6 is 15.9 Å². The van der Waals surface area contributed by atoms with Gasteiger partial charge in [-0.1, -0.05) is 35.0 Å². The Kier molecular flexibility index (Phi) is 6.90. The van der Waals surface area contributed by atoms with Crippen LogP contribution in [0.2, 0.25) is 0 Å². The number of rotatable bonds is 9. The second-order valence-corrected chi connectivity index (χ2v) is 7.66. The summed E-state index contributed by atoms with van der Waals surface area (Å²) in [6.45, 7) is 6.12. The fourth-order valence-corrected chi connectivity index (χ4v) is 3.47. The van der Waals surface area contributed by atoms with E-state index < -0.39 is 0 Å². The van der Waals surface area contributed by atoms with E-state index in [1.807, 2.05) is 6.92 Å². The smallest absolute Gasteiger partial charge is 0.207 e. The topological polar surface area (TPSA) is 61.6 Å². The summed E-state index contributed by atoms with van der Waals surface area (Å²) in [6.07, 6.45) is 2.03. The molecule has 0 saturated carbocycles. The highest BCUT2D eigenvalue weighted by molar-refractivity contribution is 9.09. The number of aryl methyl sites for hydroxylation is 1. The molecule has 7 heteroatoms. The normalized spacial score (nSPS) is 12.2. The number of benzene rings is 2. The predicted octanol–water partition coefficient (Wildman–Crippen LogP) is 5.82. The van der Waals surface area contributed by atoms with E-state index in [2.05, 4.69) is 27.8 Å². The molecular formula is C22H23BrFNO4. The van der Waals surface area contributed by atoms with Gasteiger partial charge in [-0.05, 0) is 49.4 Å². The molecule has 154 valence electrons. The van der Waals surface area contributed by atoms with Gasteiger partial charge in [0.05, 0.1) is 18.8 Å². The van der Waals surface area contributed by atoms with Gasteiger partial charge in [0.1, 0.15) is 11.3 Å². The second kappa shape index (κ2) is 9.39. The summed E-state index contributed by atoms with van der Waals surface area (Å²) in [5, 5.41) is 0.610. The zero-order chi connectivity index (χ0) is 21.0. The van der Waals surface area contributed by atoms with Crippen LogP contribution in [0.15, 0.2) is 35.1 Å². The number of halogens is 2. The third kappa shape index (κ3) is 4.61. The lowest BCUT2D eigenvalue weighted by Gasteiger charge is -2.18. The number of carbonyl (C=O) groups is 1. The van der Waals surface area contributed by atoms with E-state index in [9.17, 15) is 9.18 Å². The van der Waals surface area contributed by atoms with Gasteiger partial charge in [-0.25, -0.2) is 9.37 Å². The van der Waals surface area contributed by atoms with Crippen LogP contribution in [0.25, 0.3) is 11.1 Å². The number of nitrogens with zero attached hydrogens (tertiary/aromatic N) is 1. The lowest BCUT2D eigenvalue weighted by atomic mass is 9.98. The number of aromatic nitrogens is 1. The van der Waals surface area contributed by atoms with Crippen LogP contribution in [0, 0.1) is 12.7 Å². The number of hydrogen-bond donors (Lipinski definition) is 0. The molecule has 0 saturated heterocycles. The van der Waals surface area contributed by atoms with Crippen molar-refractivity contribution in [3.8, 4) is 11.5 Å². The molecule has 1 atom stereocenters. The van der Waals surface area contributed by atoms with Crippen molar-refractivity contribution in [1.29, 1.82) is 0 Å². The summed E-state index contributed by atoms with van der Waals surface area (Å²) in [6, 6.07) is 6.46. The Morgan fingerprint density at radius 2 is 1.90 bits per heavy atom. The molecule has 0 N–H and O–H groups in total. The summed E-state index contributed by atoms with van der Waals surface area (Å²) in [5.41, 5.74) is 3.24. The summed E-state index contributed by atoms with van der Waals surface area (Å²) in [4.78, 5) is 16.6. The molecule has 3 aromatic rings. The van der Waals surface area contributed by atoms with E-state index in [1.54, 1.807) is 12.1 Å². The first-order valence-corrected chi connectivity index (χ1v) is 10.5. The van der Waals surface area contributed by atoms with Gasteiger partial charge in [-0.3, -0.25) is 4.79 Å². The van der Waals surface area contributed by atoms with E-state index >= 15 is 0 Å². The van der Waals surface area contributed by atoms with E-state index in [-0.39, 0.29) is 17.5 Å². The van der Waals surface area contributed by atoms with E-state index in [0.717, 1.165) is 5.56 Å². The first-order chi connectivity index (χ1) is 13.9. The highest BCUT2D eigenvalue weighted by Gasteiger charge is 2.25. The Balaban J connectivity index is 1.88. The van der Waals surface area contributed by atoms with Crippen LogP contribution in [0.5, 0.6) is 11.5 Å². The van der Waals surface area contributed by atoms with Crippen LogP contribution in [0.3, 0.4) is 0 Å². The van der Waals surface area contributed by atoms with Crippen molar-refractivity contribution in [3.05, 3.63) is 53.2 Å². The number of alkyl halides is 1. The third-order valence-corrected chi connectivity index (χ3v) is 5.17. The van der Waals surface area contributed by atoms with Crippen molar-refractivity contribution >= 4 is 32.8 Å². The Morgan fingerprint density at radius 1 is 1.21 bits per heavy atom. The highest BCUT2D eigenvalue weighted by atomic mass is 79.9. The van der Waals surface area contributed by atoms with Gasteiger partial charge in [0.25, 0.3) is 0 Å². The Bertz CT molecular complexity index is 1000. The number of ether oxygens (including phenoxy) is 2. The lowest BCUT2D eigenvalue weighted by Crippen LogP contribution is -2.10. The maximum Gasteiger partial charge on any atom is 0.207 e.